The van der Waals surface area contributed by atoms with Crippen LogP contribution in [0.4, 0.5) is 8.78 Å². The third-order valence-electron chi connectivity index (χ3n) is 1.62. The molecule has 1 aromatic rings. The van der Waals surface area contributed by atoms with Gasteiger partial charge in [-0.3, -0.25) is 4.79 Å². The standard InChI is InChI=1S/C10H8ClF2NO/c1-6(11)5-14-10(15)7-2-3-8(12)9(13)4-7/h2-4H,1,5H2,(H,14,15). The highest BCUT2D eigenvalue weighted by atomic mass is 35.5. The molecule has 5 heteroatoms. The van der Waals surface area contributed by atoms with E-state index in [1.807, 2.05) is 0 Å². The van der Waals surface area contributed by atoms with E-state index in [9.17, 15) is 13.6 Å². The van der Waals surface area contributed by atoms with Crippen molar-refractivity contribution in [3.63, 3.8) is 0 Å². The second kappa shape index (κ2) is 4.89. The highest BCUT2D eigenvalue weighted by Gasteiger charge is 2.08. The normalized spacial score (nSPS) is 9.80. The number of hydrogen-bond donors (Lipinski definition) is 1. The molecule has 80 valence electrons. The van der Waals surface area contributed by atoms with Crippen molar-refractivity contribution in [2.24, 2.45) is 0 Å². The van der Waals surface area contributed by atoms with E-state index in [0.29, 0.717) is 0 Å². The van der Waals surface area contributed by atoms with E-state index >= 15 is 0 Å². The lowest BCUT2D eigenvalue weighted by Gasteiger charge is -2.03. The molecule has 0 saturated heterocycles. The molecule has 0 aromatic heterocycles. The number of rotatable bonds is 3. The molecule has 1 N–H and O–H groups in total. The summed E-state index contributed by atoms with van der Waals surface area (Å²) in [5.41, 5.74) is 0.0341. The van der Waals surface area contributed by atoms with Crippen LogP contribution in [0.2, 0.25) is 0 Å². The molecule has 0 aliphatic rings. The minimum Gasteiger partial charge on any atom is -0.347 e. The molecule has 0 saturated carbocycles. The molecule has 0 aliphatic carbocycles. The SMILES string of the molecule is C=C(Cl)CNC(=O)c1ccc(F)c(F)c1. The van der Waals surface area contributed by atoms with Crippen LogP contribution < -0.4 is 5.32 Å². The van der Waals surface area contributed by atoms with Crippen LogP contribution >= 0.6 is 11.6 Å². The Kier molecular flexibility index (Phi) is 3.80. The summed E-state index contributed by atoms with van der Waals surface area (Å²) in [6, 6.07) is 2.90. The van der Waals surface area contributed by atoms with Crippen LogP contribution in [0.1, 0.15) is 10.4 Å². The van der Waals surface area contributed by atoms with Gasteiger partial charge in [-0.25, -0.2) is 8.78 Å². The van der Waals surface area contributed by atoms with Crippen molar-refractivity contribution in [3.05, 3.63) is 47.0 Å². The van der Waals surface area contributed by atoms with E-state index in [4.69, 9.17) is 11.6 Å². The number of amides is 1. The third-order valence-corrected chi connectivity index (χ3v) is 1.76. The molecule has 1 amide bonds. The Hall–Kier alpha value is -1.42. The zero-order valence-corrected chi connectivity index (χ0v) is 8.44. The summed E-state index contributed by atoms with van der Waals surface area (Å²) in [6.07, 6.45) is 0. The summed E-state index contributed by atoms with van der Waals surface area (Å²) < 4.78 is 25.3. The molecule has 0 fully saturated rings. The Morgan fingerprint density at radius 3 is 2.60 bits per heavy atom. The molecule has 15 heavy (non-hydrogen) atoms. The quantitative estimate of drug-likeness (QED) is 0.851. The molecule has 1 rings (SSSR count). The number of halogens is 3. The average molecular weight is 232 g/mol. The summed E-state index contributed by atoms with van der Waals surface area (Å²) in [4.78, 5) is 11.3. The first kappa shape index (κ1) is 11.7. The monoisotopic (exact) mass is 231 g/mol. The lowest BCUT2D eigenvalue weighted by atomic mass is 10.2. The van der Waals surface area contributed by atoms with Crippen LogP contribution in [-0.4, -0.2) is 12.5 Å². The van der Waals surface area contributed by atoms with Gasteiger partial charge in [0.25, 0.3) is 5.91 Å². The minimum absolute atomic E-state index is 0.0341. The molecule has 0 spiro atoms. The molecular weight excluding hydrogens is 224 g/mol. The van der Waals surface area contributed by atoms with E-state index in [1.165, 1.54) is 6.07 Å². The Morgan fingerprint density at radius 2 is 2.07 bits per heavy atom. The minimum atomic E-state index is -1.06. The fraction of sp³-hybridized carbons (Fsp3) is 0.100. The molecule has 0 unspecified atom stereocenters. The van der Waals surface area contributed by atoms with Gasteiger partial charge in [0.05, 0.1) is 6.54 Å². The molecule has 2 nitrogen and oxygen atoms in total. The number of nitrogens with one attached hydrogen (secondary N) is 1. The average Bonchev–Trinajstić information content (AvgIpc) is 2.18. The van der Waals surface area contributed by atoms with Gasteiger partial charge in [0.15, 0.2) is 11.6 Å². The van der Waals surface area contributed by atoms with Gasteiger partial charge in [-0.2, -0.15) is 0 Å². The van der Waals surface area contributed by atoms with Gasteiger partial charge in [-0.05, 0) is 18.2 Å². The molecule has 1 aromatic carbocycles. The van der Waals surface area contributed by atoms with Crippen LogP contribution in [0.5, 0.6) is 0 Å². The lowest BCUT2D eigenvalue weighted by molar-refractivity contribution is 0.0957. The van der Waals surface area contributed by atoms with E-state index in [2.05, 4.69) is 11.9 Å². The van der Waals surface area contributed by atoms with Gasteiger partial charge >= 0.3 is 0 Å². The highest BCUT2D eigenvalue weighted by Crippen LogP contribution is 2.08. The van der Waals surface area contributed by atoms with Crippen LogP contribution in [0.3, 0.4) is 0 Å². The molecule has 0 aliphatic heterocycles. The van der Waals surface area contributed by atoms with Gasteiger partial charge < -0.3 is 5.32 Å². The Morgan fingerprint density at radius 1 is 1.40 bits per heavy atom. The summed E-state index contributed by atoms with van der Waals surface area (Å²) in [6.45, 7) is 3.45. The molecule has 0 radical (unpaired) electrons. The highest BCUT2D eigenvalue weighted by molar-refractivity contribution is 6.29. The van der Waals surface area contributed by atoms with Crippen LogP contribution in [0.25, 0.3) is 0 Å². The van der Waals surface area contributed by atoms with Gasteiger partial charge in [0.2, 0.25) is 0 Å². The fourth-order valence-electron chi connectivity index (χ4n) is 0.916. The van der Waals surface area contributed by atoms with Gasteiger partial charge in [-0.15, -0.1) is 0 Å². The Bertz CT molecular complexity index is 406. The van der Waals surface area contributed by atoms with Crippen molar-refractivity contribution in [2.75, 3.05) is 6.54 Å². The maximum Gasteiger partial charge on any atom is 0.251 e. The van der Waals surface area contributed by atoms with Crippen LogP contribution in [0, 0.1) is 11.6 Å². The summed E-state index contributed by atoms with van der Waals surface area (Å²) in [5.74, 6) is -2.59. The smallest absolute Gasteiger partial charge is 0.251 e. The van der Waals surface area contributed by atoms with Crippen molar-refractivity contribution in [2.45, 2.75) is 0 Å². The number of carbonyl (C=O) groups excluding carboxylic acids is 1. The Labute approximate surface area is 90.5 Å². The summed E-state index contributed by atoms with van der Waals surface area (Å²) in [5, 5.41) is 2.64. The van der Waals surface area contributed by atoms with Crippen molar-refractivity contribution < 1.29 is 13.6 Å². The van der Waals surface area contributed by atoms with E-state index in [0.717, 1.165) is 12.1 Å². The first-order chi connectivity index (χ1) is 7.00. The topological polar surface area (TPSA) is 29.1 Å². The van der Waals surface area contributed by atoms with E-state index < -0.39 is 17.5 Å². The summed E-state index contributed by atoms with van der Waals surface area (Å²) >= 11 is 5.42. The largest absolute Gasteiger partial charge is 0.347 e. The zero-order valence-electron chi connectivity index (χ0n) is 7.69. The van der Waals surface area contributed by atoms with Gasteiger partial charge in [-0.1, -0.05) is 18.2 Å². The Balaban J connectivity index is 2.74. The third kappa shape index (κ3) is 3.32. The van der Waals surface area contributed by atoms with Gasteiger partial charge in [0.1, 0.15) is 0 Å². The van der Waals surface area contributed by atoms with E-state index in [1.54, 1.807) is 0 Å². The zero-order chi connectivity index (χ0) is 11.4. The lowest BCUT2D eigenvalue weighted by Crippen LogP contribution is -2.24. The van der Waals surface area contributed by atoms with Crippen LogP contribution in [-0.2, 0) is 0 Å². The molecular formula is C10H8ClF2NO. The molecule has 0 heterocycles. The fourth-order valence-corrected chi connectivity index (χ4v) is 0.982. The van der Waals surface area contributed by atoms with Gasteiger partial charge in [0, 0.05) is 10.6 Å². The predicted octanol–water partition coefficient (Wildman–Crippen LogP) is 2.45. The van der Waals surface area contributed by atoms with Crippen molar-refractivity contribution >= 4 is 17.5 Å². The maximum atomic E-state index is 12.7. The molecule has 0 atom stereocenters. The second-order valence-corrected chi connectivity index (χ2v) is 3.36. The first-order valence-electron chi connectivity index (χ1n) is 4.07. The summed E-state index contributed by atoms with van der Waals surface area (Å²) in [7, 11) is 0. The predicted molar refractivity (Wildman–Crippen MR) is 53.7 cm³/mol. The number of hydrogen-bond acceptors (Lipinski definition) is 1. The second-order valence-electron chi connectivity index (χ2n) is 2.83. The number of carbonyl (C=O) groups is 1. The first-order valence-corrected chi connectivity index (χ1v) is 4.45. The molecule has 0 bridgehead atoms. The van der Waals surface area contributed by atoms with E-state index in [-0.39, 0.29) is 17.1 Å². The van der Waals surface area contributed by atoms with Crippen molar-refractivity contribution in [3.8, 4) is 0 Å². The maximum absolute atomic E-state index is 12.7. The van der Waals surface area contributed by atoms with Crippen LogP contribution in [0.15, 0.2) is 29.8 Å². The number of benzene rings is 1. The van der Waals surface area contributed by atoms with Crippen molar-refractivity contribution in [1.82, 2.24) is 5.32 Å². The van der Waals surface area contributed by atoms with Crippen molar-refractivity contribution in [1.29, 1.82) is 0 Å².